The first-order chi connectivity index (χ1) is 6.36. The zero-order valence-corrected chi connectivity index (χ0v) is 7.48. The SMILES string of the molecule is [B]C1=CC[C@H](c2ccccc2)C=C1. The van der Waals surface area contributed by atoms with Crippen molar-refractivity contribution >= 4 is 7.85 Å². The number of hydrogen-bond acceptors (Lipinski definition) is 0. The molecule has 0 saturated heterocycles. The van der Waals surface area contributed by atoms with Crippen molar-refractivity contribution in [3.63, 3.8) is 0 Å². The lowest BCUT2D eigenvalue weighted by Crippen LogP contribution is -1.98. The van der Waals surface area contributed by atoms with Gasteiger partial charge in [-0.25, -0.2) is 0 Å². The Balaban J connectivity index is 2.18. The Bertz CT molecular complexity index is 335. The standard InChI is InChI=1S/C12H11B/c13-12-8-6-11(7-9-12)10-4-2-1-3-5-10/h1-6,8-9,11H,7H2/t11-/m1/s1. The highest BCUT2D eigenvalue weighted by Gasteiger charge is 2.08. The molecule has 0 fully saturated rings. The predicted molar refractivity (Wildman–Crippen MR) is 56.8 cm³/mol. The third-order valence-corrected chi connectivity index (χ3v) is 2.36. The Hall–Kier alpha value is -1.24. The van der Waals surface area contributed by atoms with E-state index in [1.807, 2.05) is 12.1 Å². The molecule has 0 heterocycles. The van der Waals surface area contributed by atoms with Crippen molar-refractivity contribution in [3.05, 3.63) is 59.6 Å². The molecule has 0 nitrogen and oxygen atoms in total. The summed E-state index contributed by atoms with van der Waals surface area (Å²) < 4.78 is 0. The highest BCUT2D eigenvalue weighted by Crippen LogP contribution is 2.25. The zero-order valence-electron chi connectivity index (χ0n) is 7.48. The second-order valence-electron chi connectivity index (χ2n) is 3.32. The first kappa shape index (κ1) is 8.37. The van der Waals surface area contributed by atoms with Gasteiger partial charge in [-0.3, -0.25) is 0 Å². The van der Waals surface area contributed by atoms with E-state index in [-0.39, 0.29) is 0 Å². The van der Waals surface area contributed by atoms with E-state index in [4.69, 9.17) is 7.85 Å². The molecular formula is C12H11B. The second kappa shape index (κ2) is 3.65. The summed E-state index contributed by atoms with van der Waals surface area (Å²) in [6, 6.07) is 10.5. The van der Waals surface area contributed by atoms with Crippen LogP contribution in [-0.2, 0) is 0 Å². The highest BCUT2D eigenvalue weighted by molar-refractivity contribution is 6.23. The fourth-order valence-electron chi connectivity index (χ4n) is 1.58. The van der Waals surface area contributed by atoms with Crippen molar-refractivity contribution in [1.82, 2.24) is 0 Å². The molecule has 2 rings (SSSR count). The first-order valence-electron chi connectivity index (χ1n) is 4.55. The average Bonchev–Trinajstić information content (AvgIpc) is 2.20. The van der Waals surface area contributed by atoms with Crippen LogP contribution in [0.1, 0.15) is 17.9 Å². The van der Waals surface area contributed by atoms with E-state index < -0.39 is 0 Å². The topological polar surface area (TPSA) is 0 Å². The maximum atomic E-state index is 5.65. The van der Waals surface area contributed by atoms with Crippen LogP contribution in [0.5, 0.6) is 0 Å². The molecule has 1 atom stereocenters. The fourth-order valence-corrected chi connectivity index (χ4v) is 1.58. The van der Waals surface area contributed by atoms with Gasteiger partial charge in [-0.15, -0.1) is 5.47 Å². The molecule has 62 valence electrons. The molecule has 1 aliphatic rings. The molecule has 0 unspecified atom stereocenters. The van der Waals surface area contributed by atoms with E-state index >= 15 is 0 Å². The third kappa shape index (κ3) is 1.92. The van der Waals surface area contributed by atoms with E-state index in [1.54, 1.807) is 0 Å². The molecular weight excluding hydrogens is 155 g/mol. The van der Waals surface area contributed by atoms with E-state index in [0.29, 0.717) is 5.92 Å². The van der Waals surface area contributed by atoms with Crippen LogP contribution in [0.25, 0.3) is 0 Å². The van der Waals surface area contributed by atoms with Crippen molar-refractivity contribution in [3.8, 4) is 0 Å². The Morgan fingerprint density at radius 1 is 1.15 bits per heavy atom. The Kier molecular flexibility index (Phi) is 2.35. The summed E-state index contributed by atoms with van der Waals surface area (Å²) in [6.07, 6.45) is 7.26. The van der Waals surface area contributed by atoms with E-state index in [0.717, 1.165) is 11.9 Å². The summed E-state index contributed by atoms with van der Waals surface area (Å²) in [6.45, 7) is 0. The third-order valence-electron chi connectivity index (χ3n) is 2.36. The van der Waals surface area contributed by atoms with Gasteiger partial charge in [0.2, 0.25) is 0 Å². The van der Waals surface area contributed by atoms with Crippen molar-refractivity contribution in [2.75, 3.05) is 0 Å². The Morgan fingerprint density at radius 3 is 2.54 bits per heavy atom. The minimum Gasteiger partial charge on any atom is -0.101 e. The van der Waals surface area contributed by atoms with Crippen molar-refractivity contribution in [2.45, 2.75) is 12.3 Å². The van der Waals surface area contributed by atoms with Gasteiger partial charge in [-0.1, -0.05) is 48.6 Å². The minimum absolute atomic E-state index is 0.508. The van der Waals surface area contributed by atoms with Gasteiger partial charge >= 0.3 is 0 Å². The predicted octanol–water partition coefficient (Wildman–Crippen LogP) is 2.78. The number of hydrogen-bond donors (Lipinski definition) is 0. The van der Waals surface area contributed by atoms with E-state index in [2.05, 4.69) is 36.4 Å². The zero-order chi connectivity index (χ0) is 9.10. The van der Waals surface area contributed by atoms with Gasteiger partial charge in [0, 0.05) is 5.92 Å². The van der Waals surface area contributed by atoms with Gasteiger partial charge in [0.1, 0.15) is 7.85 Å². The number of rotatable bonds is 1. The van der Waals surface area contributed by atoms with E-state index in [9.17, 15) is 0 Å². The highest BCUT2D eigenvalue weighted by atomic mass is 14.1. The van der Waals surface area contributed by atoms with Gasteiger partial charge < -0.3 is 0 Å². The van der Waals surface area contributed by atoms with Crippen LogP contribution < -0.4 is 0 Å². The van der Waals surface area contributed by atoms with Crippen LogP contribution in [0, 0.1) is 0 Å². The minimum atomic E-state index is 0.508. The molecule has 2 radical (unpaired) electrons. The smallest absolute Gasteiger partial charge is 0.101 e. The molecule has 1 aromatic rings. The Morgan fingerprint density at radius 2 is 1.92 bits per heavy atom. The lowest BCUT2D eigenvalue weighted by Gasteiger charge is -2.14. The fraction of sp³-hybridized carbons (Fsp3) is 0.167. The average molecular weight is 166 g/mol. The van der Waals surface area contributed by atoms with Crippen LogP contribution in [0.2, 0.25) is 0 Å². The van der Waals surface area contributed by atoms with Crippen LogP contribution in [0.15, 0.2) is 54.0 Å². The molecule has 0 aliphatic heterocycles. The number of benzene rings is 1. The summed E-state index contributed by atoms with van der Waals surface area (Å²) in [5.41, 5.74) is 2.25. The van der Waals surface area contributed by atoms with Gasteiger partial charge in [0.25, 0.3) is 0 Å². The summed E-state index contributed by atoms with van der Waals surface area (Å²) in [4.78, 5) is 0. The summed E-state index contributed by atoms with van der Waals surface area (Å²) in [7, 11) is 5.65. The van der Waals surface area contributed by atoms with Crippen LogP contribution >= 0.6 is 0 Å². The molecule has 0 aromatic heterocycles. The molecule has 0 N–H and O–H groups in total. The van der Waals surface area contributed by atoms with E-state index in [1.165, 1.54) is 5.56 Å². The van der Waals surface area contributed by atoms with Gasteiger partial charge in [0.05, 0.1) is 0 Å². The molecule has 0 saturated carbocycles. The van der Waals surface area contributed by atoms with Crippen molar-refractivity contribution < 1.29 is 0 Å². The lowest BCUT2D eigenvalue weighted by atomic mass is 9.84. The lowest BCUT2D eigenvalue weighted by molar-refractivity contribution is 0.851. The molecule has 1 aromatic carbocycles. The summed E-state index contributed by atoms with van der Waals surface area (Å²) >= 11 is 0. The largest absolute Gasteiger partial charge is 0.113 e. The summed E-state index contributed by atoms with van der Waals surface area (Å²) in [5, 5.41) is 0. The van der Waals surface area contributed by atoms with Crippen molar-refractivity contribution in [1.29, 1.82) is 0 Å². The quantitative estimate of drug-likeness (QED) is 0.562. The molecule has 1 heteroatoms. The maximum absolute atomic E-state index is 5.65. The molecule has 1 aliphatic carbocycles. The van der Waals surface area contributed by atoms with Crippen LogP contribution in [0.3, 0.4) is 0 Å². The normalized spacial score (nSPS) is 21.2. The number of allylic oxidation sites excluding steroid dienone is 4. The maximum Gasteiger partial charge on any atom is 0.113 e. The molecule has 13 heavy (non-hydrogen) atoms. The van der Waals surface area contributed by atoms with Crippen molar-refractivity contribution in [2.24, 2.45) is 0 Å². The van der Waals surface area contributed by atoms with Gasteiger partial charge in [-0.2, -0.15) is 0 Å². The van der Waals surface area contributed by atoms with Gasteiger partial charge in [0.15, 0.2) is 0 Å². The monoisotopic (exact) mass is 166 g/mol. The first-order valence-corrected chi connectivity index (χ1v) is 4.55. The molecule has 0 spiro atoms. The van der Waals surface area contributed by atoms with Gasteiger partial charge in [-0.05, 0) is 12.0 Å². The van der Waals surface area contributed by atoms with Crippen LogP contribution in [0.4, 0.5) is 0 Å². The second-order valence-corrected chi connectivity index (χ2v) is 3.32. The Labute approximate surface area is 80.4 Å². The molecule has 0 bridgehead atoms. The van der Waals surface area contributed by atoms with Crippen LogP contribution in [-0.4, -0.2) is 7.85 Å². The summed E-state index contributed by atoms with van der Waals surface area (Å²) in [5.74, 6) is 0.508. The molecule has 0 amide bonds.